The van der Waals surface area contributed by atoms with E-state index in [1.54, 1.807) is 30.2 Å². The van der Waals surface area contributed by atoms with Gasteiger partial charge in [0.15, 0.2) is 0 Å². The minimum atomic E-state index is -0.0113. The molecule has 5 heteroatoms. The van der Waals surface area contributed by atoms with Gasteiger partial charge in [-0.25, -0.2) is 0 Å². The molecule has 1 rings (SSSR count). The molecule has 4 nitrogen and oxygen atoms in total. The first-order valence-corrected chi connectivity index (χ1v) is 6.65. The van der Waals surface area contributed by atoms with E-state index in [9.17, 15) is 4.79 Å². The van der Waals surface area contributed by atoms with Gasteiger partial charge in [0.25, 0.3) is 5.91 Å². The predicted molar refractivity (Wildman–Crippen MR) is 76.6 cm³/mol. The number of nitrogens with two attached hydrogens (primary N) is 1. The van der Waals surface area contributed by atoms with Crippen molar-refractivity contribution in [1.29, 1.82) is 0 Å². The second-order valence-corrected chi connectivity index (χ2v) is 4.99. The van der Waals surface area contributed by atoms with E-state index in [4.69, 9.17) is 10.5 Å². The Kier molecular flexibility index (Phi) is 5.62. The van der Waals surface area contributed by atoms with Crippen LogP contribution < -0.4 is 5.73 Å². The molecular weight excluding hydrogens is 296 g/mol. The molecular formula is C13H19BrN2O2. The molecule has 0 aromatic heterocycles. The number of anilines is 1. The van der Waals surface area contributed by atoms with Crippen molar-refractivity contribution in [2.75, 3.05) is 26.0 Å². The number of ether oxygens (including phenoxy) is 1. The summed E-state index contributed by atoms with van der Waals surface area (Å²) in [6, 6.07) is 5.26. The number of rotatable bonds is 5. The molecule has 0 saturated heterocycles. The average molecular weight is 315 g/mol. The van der Waals surface area contributed by atoms with Gasteiger partial charge in [0, 0.05) is 29.4 Å². The zero-order valence-electron chi connectivity index (χ0n) is 10.9. The predicted octanol–water partition coefficient (Wildman–Crippen LogP) is 2.53. The van der Waals surface area contributed by atoms with Gasteiger partial charge in [-0.15, -0.1) is 0 Å². The second-order valence-electron chi connectivity index (χ2n) is 4.13. The lowest BCUT2D eigenvalue weighted by atomic mass is 10.1. The molecule has 0 bridgehead atoms. The molecule has 0 radical (unpaired) electrons. The highest BCUT2D eigenvalue weighted by atomic mass is 79.9. The topological polar surface area (TPSA) is 55.6 Å². The van der Waals surface area contributed by atoms with Crippen molar-refractivity contribution in [3.05, 3.63) is 28.2 Å². The Hall–Kier alpha value is -1.07. The number of amides is 1. The van der Waals surface area contributed by atoms with Crippen molar-refractivity contribution in [3.63, 3.8) is 0 Å². The highest BCUT2D eigenvalue weighted by Gasteiger charge is 2.20. The van der Waals surface area contributed by atoms with Crippen LogP contribution in [0.3, 0.4) is 0 Å². The summed E-state index contributed by atoms with van der Waals surface area (Å²) in [4.78, 5) is 14.1. The number of benzene rings is 1. The lowest BCUT2D eigenvalue weighted by molar-refractivity contribution is 0.0579. The van der Waals surface area contributed by atoms with Crippen molar-refractivity contribution < 1.29 is 9.53 Å². The summed E-state index contributed by atoms with van der Waals surface area (Å²) in [5.74, 6) is -0.0113. The summed E-state index contributed by atoms with van der Waals surface area (Å²) in [7, 11) is 1.63. The monoisotopic (exact) mass is 314 g/mol. The Morgan fingerprint density at radius 1 is 1.56 bits per heavy atom. The van der Waals surface area contributed by atoms with E-state index in [2.05, 4.69) is 15.9 Å². The highest BCUT2D eigenvalue weighted by Crippen LogP contribution is 2.21. The van der Waals surface area contributed by atoms with Crippen LogP contribution in [0.4, 0.5) is 5.69 Å². The average Bonchev–Trinajstić information content (AvgIpc) is 2.33. The van der Waals surface area contributed by atoms with E-state index in [1.807, 2.05) is 13.8 Å². The van der Waals surface area contributed by atoms with Crippen LogP contribution in [0.1, 0.15) is 24.2 Å². The van der Waals surface area contributed by atoms with E-state index in [-0.39, 0.29) is 11.9 Å². The Balaban J connectivity index is 2.92. The number of methoxy groups -OCH3 is 1. The van der Waals surface area contributed by atoms with Crippen LogP contribution >= 0.6 is 15.9 Å². The molecule has 18 heavy (non-hydrogen) atoms. The molecule has 1 aromatic rings. The van der Waals surface area contributed by atoms with Gasteiger partial charge >= 0.3 is 0 Å². The third kappa shape index (κ3) is 3.46. The Bertz CT molecular complexity index is 423. The number of halogens is 1. The van der Waals surface area contributed by atoms with Gasteiger partial charge in [-0.05, 0) is 48.0 Å². The molecule has 0 aliphatic rings. The molecule has 2 N–H and O–H groups in total. The molecule has 0 saturated carbocycles. The molecule has 0 spiro atoms. The Morgan fingerprint density at radius 2 is 2.22 bits per heavy atom. The van der Waals surface area contributed by atoms with Crippen LogP contribution in [0.2, 0.25) is 0 Å². The lowest BCUT2D eigenvalue weighted by Gasteiger charge is -2.27. The van der Waals surface area contributed by atoms with Crippen LogP contribution in [0.5, 0.6) is 0 Å². The minimum absolute atomic E-state index is 0.0113. The van der Waals surface area contributed by atoms with Gasteiger partial charge in [-0.3, -0.25) is 4.79 Å². The maximum atomic E-state index is 12.4. The van der Waals surface area contributed by atoms with Gasteiger partial charge < -0.3 is 15.4 Å². The summed E-state index contributed by atoms with van der Waals surface area (Å²) >= 11 is 3.33. The largest absolute Gasteiger partial charge is 0.398 e. The maximum Gasteiger partial charge on any atom is 0.254 e. The quantitative estimate of drug-likeness (QED) is 0.850. The fourth-order valence-electron chi connectivity index (χ4n) is 1.81. The Labute approximate surface area is 116 Å². The van der Waals surface area contributed by atoms with Gasteiger partial charge in [0.05, 0.1) is 12.6 Å². The molecule has 0 fully saturated rings. The van der Waals surface area contributed by atoms with E-state index in [0.29, 0.717) is 24.4 Å². The van der Waals surface area contributed by atoms with E-state index < -0.39 is 0 Å². The summed E-state index contributed by atoms with van der Waals surface area (Å²) in [6.07, 6.45) is 0. The zero-order valence-corrected chi connectivity index (χ0v) is 12.5. The summed E-state index contributed by atoms with van der Waals surface area (Å²) in [5, 5.41) is 0. The van der Waals surface area contributed by atoms with Gasteiger partial charge in [-0.2, -0.15) is 0 Å². The van der Waals surface area contributed by atoms with Crippen LogP contribution in [0, 0.1) is 0 Å². The van der Waals surface area contributed by atoms with E-state index in [1.165, 1.54) is 0 Å². The molecule has 0 aliphatic heterocycles. The second kappa shape index (κ2) is 6.75. The number of nitrogen functional groups attached to an aromatic ring is 1. The lowest BCUT2D eigenvalue weighted by Crippen LogP contribution is -2.40. The van der Waals surface area contributed by atoms with Gasteiger partial charge in [-0.1, -0.05) is 0 Å². The molecule has 1 unspecified atom stereocenters. The number of carbonyl (C=O) groups excluding carboxylic acids is 1. The maximum absolute atomic E-state index is 12.4. The van der Waals surface area contributed by atoms with Gasteiger partial charge in [0.1, 0.15) is 0 Å². The number of likely N-dealkylation sites (N-methyl/N-ethyl adjacent to an activating group) is 1. The fourth-order valence-corrected chi connectivity index (χ4v) is 2.19. The van der Waals surface area contributed by atoms with Crippen molar-refractivity contribution in [2.24, 2.45) is 0 Å². The van der Waals surface area contributed by atoms with Crippen molar-refractivity contribution in [3.8, 4) is 0 Å². The first kappa shape index (κ1) is 15.0. The molecule has 0 aliphatic carbocycles. The van der Waals surface area contributed by atoms with Crippen LogP contribution in [0.25, 0.3) is 0 Å². The van der Waals surface area contributed by atoms with Crippen LogP contribution in [0.15, 0.2) is 22.7 Å². The first-order valence-electron chi connectivity index (χ1n) is 5.86. The standard InChI is InChI=1S/C13H19BrN2O2/c1-4-16(9(2)8-18-3)13(17)10-5-6-12(15)11(14)7-10/h5-7,9H,4,8,15H2,1-3H3. The van der Waals surface area contributed by atoms with Crippen LogP contribution in [-0.2, 0) is 4.74 Å². The Morgan fingerprint density at radius 3 is 2.72 bits per heavy atom. The van der Waals surface area contributed by atoms with Crippen molar-refractivity contribution >= 4 is 27.5 Å². The van der Waals surface area contributed by atoms with Crippen molar-refractivity contribution in [1.82, 2.24) is 4.90 Å². The van der Waals surface area contributed by atoms with E-state index >= 15 is 0 Å². The third-order valence-electron chi connectivity index (χ3n) is 2.79. The molecule has 1 amide bonds. The summed E-state index contributed by atoms with van der Waals surface area (Å²) in [6.45, 7) is 5.09. The number of nitrogens with zero attached hydrogens (tertiary/aromatic N) is 1. The zero-order chi connectivity index (χ0) is 13.7. The number of hydrogen-bond acceptors (Lipinski definition) is 3. The first-order chi connectivity index (χ1) is 8.51. The highest BCUT2D eigenvalue weighted by molar-refractivity contribution is 9.10. The van der Waals surface area contributed by atoms with Crippen molar-refractivity contribution in [2.45, 2.75) is 19.9 Å². The van der Waals surface area contributed by atoms with Gasteiger partial charge in [0.2, 0.25) is 0 Å². The molecule has 1 aromatic carbocycles. The number of carbonyl (C=O) groups is 1. The summed E-state index contributed by atoms with van der Waals surface area (Å²) < 4.78 is 5.83. The minimum Gasteiger partial charge on any atom is -0.398 e. The molecule has 100 valence electrons. The fraction of sp³-hybridized carbons (Fsp3) is 0.462. The summed E-state index contributed by atoms with van der Waals surface area (Å²) in [5.41, 5.74) is 6.96. The number of hydrogen-bond donors (Lipinski definition) is 1. The normalized spacial score (nSPS) is 12.2. The molecule has 0 heterocycles. The van der Waals surface area contributed by atoms with Crippen LogP contribution in [-0.4, -0.2) is 37.1 Å². The van der Waals surface area contributed by atoms with E-state index in [0.717, 1.165) is 4.47 Å². The smallest absolute Gasteiger partial charge is 0.254 e. The third-order valence-corrected chi connectivity index (χ3v) is 3.48. The SMILES string of the molecule is CCN(C(=O)c1ccc(N)c(Br)c1)C(C)COC. The molecule has 1 atom stereocenters.